The van der Waals surface area contributed by atoms with Gasteiger partial charge in [0, 0.05) is 25.9 Å². The number of Topliss-reactive ketones (excluding diaryl/α,β-unsaturated/α-hetero) is 1. The second-order valence-corrected chi connectivity index (χ2v) is 20.2. The molecule has 0 aliphatic carbocycles. The summed E-state index contributed by atoms with van der Waals surface area (Å²) in [5.74, 6) is -11.0. The summed E-state index contributed by atoms with van der Waals surface area (Å²) < 4.78 is 0. The molecule has 0 radical (unpaired) electrons. The number of likely N-dealkylation sites (N-methyl/N-ethyl adjacent to an activating group) is 1. The van der Waals surface area contributed by atoms with Crippen LogP contribution in [0.2, 0.25) is 0 Å². The number of nitrogens with two attached hydrogens (primary N) is 6. The predicted octanol–water partition coefficient (Wildman–Crippen LogP) is -3.75. The van der Waals surface area contributed by atoms with Gasteiger partial charge < -0.3 is 92.5 Å². The molecule has 0 aromatic rings. The van der Waals surface area contributed by atoms with Crippen molar-refractivity contribution in [3.8, 4) is 0 Å². The average molecular weight is 1150 g/mol. The highest BCUT2D eigenvalue weighted by molar-refractivity contribution is 5.98. The maximum Gasteiger partial charge on any atom is 0.303 e. The number of nitrogens with one attached hydrogen (secondary N) is 9. The van der Waals surface area contributed by atoms with E-state index in [1.807, 2.05) is 6.92 Å². The van der Waals surface area contributed by atoms with E-state index in [0.717, 1.165) is 12.8 Å². The van der Waals surface area contributed by atoms with Crippen LogP contribution in [-0.4, -0.2) is 175 Å². The zero-order valence-corrected chi connectivity index (χ0v) is 48.1. The Morgan fingerprint density at radius 2 is 0.901 bits per heavy atom. The topological polar surface area (TPSA) is 517 Å². The van der Waals surface area contributed by atoms with Crippen molar-refractivity contribution in [3.63, 3.8) is 0 Å². The summed E-state index contributed by atoms with van der Waals surface area (Å²) in [5, 5.41) is 42.4. The van der Waals surface area contributed by atoms with Crippen LogP contribution in [0, 0.1) is 11.8 Å². The van der Waals surface area contributed by atoms with Crippen molar-refractivity contribution in [1.82, 2.24) is 47.9 Å². The number of carboxylic acid groups (broad SMARTS) is 2. The van der Waals surface area contributed by atoms with Crippen molar-refractivity contribution in [1.29, 1.82) is 0 Å². The number of amides is 8. The Hall–Kier alpha value is -7.21. The summed E-state index contributed by atoms with van der Waals surface area (Å²) >= 11 is 0. The second kappa shape index (κ2) is 41.8. The highest BCUT2D eigenvalue weighted by Crippen LogP contribution is 2.14. The molecule has 0 heterocycles. The molecule has 0 rings (SSSR count). The molecule has 30 heteroatoms. The van der Waals surface area contributed by atoms with Crippen LogP contribution in [0.5, 0.6) is 0 Å². The second-order valence-electron chi connectivity index (χ2n) is 20.2. The predicted molar refractivity (Wildman–Crippen MR) is 303 cm³/mol. The van der Waals surface area contributed by atoms with E-state index in [9.17, 15) is 63.0 Å². The third-order valence-electron chi connectivity index (χ3n) is 12.9. The lowest BCUT2D eigenvalue weighted by Gasteiger charge is -2.29. The molecule has 0 aliphatic heterocycles. The molecule has 462 valence electrons. The van der Waals surface area contributed by atoms with Gasteiger partial charge in [0.1, 0.15) is 36.3 Å². The molecule has 0 aromatic heterocycles. The van der Waals surface area contributed by atoms with Crippen LogP contribution >= 0.6 is 0 Å². The zero-order chi connectivity index (χ0) is 61.6. The summed E-state index contributed by atoms with van der Waals surface area (Å²) in [7, 11) is 1.54. The van der Waals surface area contributed by atoms with Crippen molar-refractivity contribution < 1.29 is 63.0 Å². The maximum atomic E-state index is 14.2. The van der Waals surface area contributed by atoms with Crippen LogP contribution in [0.4, 0.5) is 0 Å². The van der Waals surface area contributed by atoms with Crippen LogP contribution in [0.1, 0.15) is 144 Å². The normalized spacial score (nSPS) is 14.3. The highest BCUT2D eigenvalue weighted by atomic mass is 16.4. The fraction of sp³-hybridized carbons (Fsp3) is 0.745. The van der Waals surface area contributed by atoms with Gasteiger partial charge in [-0.1, -0.05) is 66.7 Å². The number of guanidine groups is 2. The number of rotatable bonds is 45. The lowest BCUT2D eigenvalue weighted by Crippen LogP contribution is -2.60. The van der Waals surface area contributed by atoms with E-state index in [4.69, 9.17) is 34.4 Å². The largest absolute Gasteiger partial charge is 0.481 e. The van der Waals surface area contributed by atoms with Gasteiger partial charge in [0.05, 0.1) is 25.2 Å². The number of ketones is 1. The Bertz CT molecular complexity index is 2090. The van der Waals surface area contributed by atoms with Gasteiger partial charge in [-0.2, -0.15) is 0 Å². The fourth-order valence-corrected chi connectivity index (χ4v) is 8.12. The maximum absolute atomic E-state index is 14.2. The highest BCUT2D eigenvalue weighted by Gasteiger charge is 2.35. The number of carbonyl (C=O) groups is 11. The molecule has 30 nitrogen and oxygen atoms in total. The molecule has 8 amide bonds. The molecular weight excluding hydrogens is 1060 g/mol. The molecule has 23 N–H and O–H groups in total. The first-order valence-electron chi connectivity index (χ1n) is 27.8. The molecule has 81 heavy (non-hydrogen) atoms. The van der Waals surface area contributed by atoms with E-state index in [2.05, 4.69) is 57.8 Å². The molecule has 0 bridgehead atoms. The monoisotopic (exact) mass is 1150 g/mol. The molecule has 0 saturated heterocycles. The number of aliphatic carboxylic acids is 2. The van der Waals surface area contributed by atoms with Gasteiger partial charge in [-0.05, 0) is 89.6 Å². The smallest absolute Gasteiger partial charge is 0.303 e. The first-order chi connectivity index (χ1) is 38.2. The van der Waals surface area contributed by atoms with E-state index in [1.54, 1.807) is 34.7 Å². The van der Waals surface area contributed by atoms with Crippen molar-refractivity contribution in [2.45, 2.75) is 192 Å². The minimum Gasteiger partial charge on any atom is -0.481 e. The Labute approximate surface area is 474 Å². The number of carbonyl (C=O) groups excluding carboxylic acids is 9. The van der Waals surface area contributed by atoms with Gasteiger partial charge >= 0.3 is 11.9 Å². The van der Waals surface area contributed by atoms with Crippen LogP contribution < -0.4 is 82.3 Å². The van der Waals surface area contributed by atoms with Gasteiger partial charge in [0.2, 0.25) is 47.3 Å². The van der Waals surface area contributed by atoms with E-state index < -0.39 is 145 Å². The van der Waals surface area contributed by atoms with Crippen molar-refractivity contribution in [3.05, 3.63) is 0 Å². The lowest BCUT2D eigenvalue weighted by atomic mass is 9.96. The fourth-order valence-electron chi connectivity index (χ4n) is 8.12. The van der Waals surface area contributed by atoms with E-state index in [0.29, 0.717) is 38.6 Å². The molecule has 0 aliphatic rings. The summed E-state index contributed by atoms with van der Waals surface area (Å²) in [6.45, 7) is 8.26. The van der Waals surface area contributed by atoms with E-state index in [1.165, 1.54) is 0 Å². The quantitative estimate of drug-likeness (QED) is 0.0158. The van der Waals surface area contributed by atoms with Crippen LogP contribution in [0.3, 0.4) is 0 Å². The number of nitrogens with zero attached hydrogens (tertiary/aromatic N) is 2. The third-order valence-corrected chi connectivity index (χ3v) is 12.9. The van der Waals surface area contributed by atoms with Gasteiger partial charge in [0.15, 0.2) is 17.7 Å². The van der Waals surface area contributed by atoms with Gasteiger partial charge in [-0.3, -0.25) is 62.7 Å². The summed E-state index contributed by atoms with van der Waals surface area (Å²) in [4.78, 5) is 154. The molecule has 0 aromatic carbocycles. The third kappa shape index (κ3) is 32.6. The standard InChI is InChI=1S/C51H95N17O13/c1-7-9-10-15-31(38(69)27-53)63-45(77)33(17-13-24-59-50(54)55)65-48(80)37(26-29(3)4)62-39(70)28-61-43(75)35(19-21-40(71)72)67-49(81)42(30(5)8-2)68-47(79)34(18-14-25-60-51(56)57)64-46(78)36(20-22-41(73)74)66-44(76)32(58-6)16-11-12-23-52/h29-37,42,58H,7-28,52-53H2,1-6H3,(H,61,75)(H,62,70)(H,63,77)(H,64,78)(H,65,80)(H,66,76)(H,67,81)(H,68,79)(H,71,72)(H,73,74)(H4,54,55,59)(H4,56,57,60)/t30?,31-,32-,33-,34-,35-,36-,37-,42-/m0/s1. The van der Waals surface area contributed by atoms with Gasteiger partial charge in [0.25, 0.3) is 0 Å². The Morgan fingerprint density at radius 3 is 1.35 bits per heavy atom. The van der Waals surface area contributed by atoms with Crippen LogP contribution in [-0.2, 0) is 52.7 Å². The minimum absolute atomic E-state index is 0.00865. The summed E-state index contributed by atoms with van der Waals surface area (Å²) in [6.07, 6.45) is 2.75. The number of aliphatic imine (C=N–C) groups is 2. The van der Waals surface area contributed by atoms with E-state index in [-0.39, 0.29) is 82.4 Å². The van der Waals surface area contributed by atoms with Crippen LogP contribution in [0.15, 0.2) is 9.98 Å². The zero-order valence-electron chi connectivity index (χ0n) is 48.1. The van der Waals surface area contributed by atoms with Crippen molar-refractivity contribution >= 4 is 76.9 Å². The number of hydrogen-bond donors (Lipinski definition) is 17. The van der Waals surface area contributed by atoms with Crippen molar-refractivity contribution in [2.75, 3.05) is 39.8 Å². The number of unbranched alkanes of at least 4 members (excludes halogenated alkanes) is 3. The molecule has 0 fully saturated rings. The Balaban J connectivity index is 6.65. The minimum atomic E-state index is -1.60. The molecule has 9 atom stereocenters. The molecule has 0 spiro atoms. The summed E-state index contributed by atoms with van der Waals surface area (Å²) in [6, 6.07) is -10.0. The Morgan fingerprint density at radius 1 is 0.481 bits per heavy atom. The molecule has 1 unspecified atom stereocenters. The summed E-state index contributed by atoms with van der Waals surface area (Å²) in [5.41, 5.74) is 33.1. The molecular formula is C51H95N17O13. The lowest BCUT2D eigenvalue weighted by molar-refractivity contribution is -0.139. The average Bonchev–Trinajstić information content (AvgIpc) is 3.43. The first kappa shape index (κ1) is 73.8. The van der Waals surface area contributed by atoms with Gasteiger partial charge in [-0.15, -0.1) is 0 Å². The molecule has 0 saturated carbocycles. The van der Waals surface area contributed by atoms with Crippen molar-refractivity contribution in [2.24, 2.45) is 56.2 Å². The van der Waals surface area contributed by atoms with E-state index >= 15 is 0 Å². The SMILES string of the molecule is CCCCC[C@H](NC(=O)[C@H](CCCN=C(N)N)NC(=O)[C@H](CC(C)C)NC(=O)CNC(=O)[C@H](CCC(=O)O)NC(=O)[C@@H](NC(=O)[C@H](CCCN=C(N)N)NC(=O)[C@H](CCC(=O)O)NC(=O)[C@H](CCCCN)NC)C(C)CC)C(=O)CN. The van der Waals surface area contributed by atoms with Gasteiger partial charge in [-0.25, -0.2) is 0 Å². The Kier molecular flexibility index (Phi) is 38.0. The van der Waals surface area contributed by atoms with Crippen LogP contribution in [0.25, 0.3) is 0 Å². The first-order valence-corrected chi connectivity index (χ1v) is 27.8. The number of carboxylic acids is 2. The number of hydrogen-bond acceptors (Lipinski definition) is 16.